The van der Waals surface area contributed by atoms with Crippen LogP contribution in [-0.4, -0.2) is 10.5 Å². The molecule has 0 spiro atoms. The zero-order valence-electron chi connectivity index (χ0n) is 21.7. The monoisotopic (exact) mass is 507 g/mol. The zero-order chi connectivity index (χ0) is 26.6. The molecule has 0 unspecified atom stereocenters. The second kappa shape index (κ2) is 10.8. The molecule has 5 aromatic rings. The van der Waals surface area contributed by atoms with E-state index in [2.05, 4.69) is 108 Å². The minimum atomic E-state index is -0.458. The molecule has 4 aromatic carbocycles. The summed E-state index contributed by atoms with van der Waals surface area (Å²) in [7, 11) is 0. The van der Waals surface area contributed by atoms with Gasteiger partial charge < -0.3 is 9.30 Å². The van der Waals surface area contributed by atoms with Crippen molar-refractivity contribution < 1.29 is 9.53 Å². The average Bonchev–Trinajstić information content (AvgIpc) is 3.58. The Hall–Kier alpha value is -4.89. The lowest BCUT2D eigenvalue weighted by molar-refractivity contribution is -0.128. The lowest BCUT2D eigenvalue weighted by Gasteiger charge is -2.12. The molecule has 0 atom stereocenters. The second-order valence-corrected chi connectivity index (χ2v) is 9.73. The lowest BCUT2D eigenvalue weighted by atomic mass is 9.99. The molecule has 3 heteroatoms. The van der Waals surface area contributed by atoms with Crippen LogP contribution in [0.25, 0.3) is 34.8 Å². The van der Waals surface area contributed by atoms with Gasteiger partial charge in [-0.15, -0.1) is 0 Å². The van der Waals surface area contributed by atoms with E-state index in [1.165, 1.54) is 45.3 Å². The van der Waals surface area contributed by atoms with Gasteiger partial charge in [-0.3, -0.25) is 0 Å². The van der Waals surface area contributed by atoms with E-state index in [4.69, 9.17) is 4.74 Å². The van der Waals surface area contributed by atoms with Crippen LogP contribution < -0.4 is 4.74 Å². The van der Waals surface area contributed by atoms with Crippen LogP contribution in [0.3, 0.4) is 0 Å². The number of hydrogen-bond acceptors (Lipinski definition) is 2. The molecule has 0 saturated heterocycles. The molecule has 3 nitrogen and oxygen atoms in total. The van der Waals surface area contributed by atoms with Gasteiger partial charge in [-0.25, -0.2) is 4.79 Å². The topological polar surface area (TPSA) is 31.2 Å². The number of fused-ring (bicyclic) bond motifs is 3. The van der Waals surface area contributed by atoms with Crippen molar-refractivity contribution in [1.29, 1.82) is 0 Å². The van der Waals surface area contributed by atoms with Gasteiger partial charge in [0, 0.05) is 28.9 Å². The molecule has 0 amide bonds. The molecular formula is C36H29NO2. The van der Waals surface area contributed by atoms with Crippen LogP contribution in [0.15, 0.2) is 116 Å². The largest absolute Gasteiger partial charge is 0.423 e. The number of nitrogens with zero attached hydrogens (tertiary/aromatic N) is 1. The van der Waals surface area contributed by atoms with Crippen molar-refractivity contribution in [2.45, 2.75) is 19.3 Å². The highest BCUT2D eigenvalue weighted by molar-refractivity contribution is 5.95. The summed E-state index contributed by atoms with van der Waals surface area (Å²) in [6.45, 7) is 3.43. The third-order valence-electron chi connectivity index (χ3n) is 7.25. The molecule has 0 saturated carbocycles. The summed E-state index contributed by atoms with van der Waals surface area (Å²) in [6, 6.07) is 35.5. The van der Waals surface area contributed by atoms with E-state index in [0.717, 1.165) is 30.0 Å². The van der Waals surface area contributed by atoms with E-state index in [1.54, 1.807) is 12.1 Å². The molecule has 0 N–H and O–H groups in total. The van der Waals surface area contributed by atoms with Gasteiger partial charge in [-0.1, -0.05) is 97.6 Å². The van der Waals surface area contributed by atoms with E-state index in [0.29, 0.717) is 5.75 Å². The van der Waals surface area contributed by atoms with Crippen LogP contribution in [-0.2, 0) is 17.6 Å². The first kappa shape index (κ1) is 24.4. The number of benzene rings is 4. The van der Waals surface area contributed by atoms with E-state index in [1.807, 2.05) is 12.1 Å². The van der Waals surface area contributed by atoms with Crippen LogP contribution in [0.4, 0.5) is 0 Å². The minimum absolute atomic E-state index is 0.458. The van der Waals surface area contributed by atoms with E-state index < -0.39 is 5.97 Å². The van der Waals surface area contributed by atoms with E-state index in [-0.39, 0.29) is 0 Å². The number of ether oxygens (including phenoxy) is 1. The van der Waals surface area contributed by atoms with Crippen molar-refractivity contribution in [3.05, 3.63) is 149 Å². The third kappa shape index (κ3) is 5.12. The first-order valence-electron chi connectivity index (χ1n) is 13.3. The molecule has 0 fully saturated rings. The summed E-state index contributed by atoms with van der Waals surface area (Å²) in [5.41, 5.74) is 9.96. The van der Waals surface area contributed by atoms with Gasteiger partial charge in [-0.05, 0) is 71.3 Å². The summed E-state index contributed by atoms with van der Waals surface area (Å²) >= 11 is 0. The third-order valence-corrected chi connectivity index (χ3v) is 7.25. The van der Waals surface area contributed by atoms with Crippen molar-refractivity contribution in [2.75, 3.05) is 0 Å². The van der Waals surface area contributed by atoms with Crippen molar-refractivity contribution in [3.8, 4) is 5.75 Å². The van der Waals surface area contributed by atoms with Gasteiger partial charge in [0.05, 0.1) is 5.52 Å². The Kier molecular flexibility index (Phi) is 6.80. The second-order valence-electron chi connectivity index (χ2n) is 9.73. The number of carbonyl (C=O) groups is 1. The fraction of sp³-hybridized carbons (Fsp3) is 0.0833. The molecular weight excluding hydrogens is 478 g/mol. The van der Waals surface area contributed by atoms with Gasteiger partial charge >= 0.3 is 5.97 Å². The van der Waals surface area contributed by atoms with Gasteiger partial charge in [-0.2, -0.15) is 0 Å². The molecule has 0 bridgehead atoms. The van der Waals surface area contributed by atoms with Crippen molar-refractivity contribution in [3.63, 3.8) is 0 Å². The van der Waals surface area contributed by atoms with Crippen molar-refractivity contribution in [1.82, 2.24) is 4.57 Å². The SMILES string of the molecule is C=CC(=O)Oc1ccc(C=Cc2ccc3c(c2)c2c(n3C=C(c3ccccc3)c3ccccc3)CCC2)cc1. The summed E-state index contributed by atoms with van der Waals surface area (Å²) in [4.78, 5) is 11.4. The Balaban J connectivity index is 1.37. The number of aromatic nitrogens is 1. The Bertz CT molecular complexity index is 1660. The summed E-state index contributed by atoms with van der Waals surface area (Å²) in [6.07, 6.45) is 11.1. The summed E-state index contributed by atoms with van der Waals surface area (Å²) < 4.78 is 7.59. The van der Waals surface area contributed by atoms with Gasteiger partial charge in [0.1, 0.15) is 5.75 Å². The minimum Gasteiger partial charge on any atom is -0.423 e. The number of carbonyl (C=O) groups excluding carboxylic acids is 1. The molecule has 1 heterocycles. The van der Waals surface area contributed by atoms with Crippen molar-refractivity contribution >= 4 is 40.8 Å². The molecule has 6 rings (SSSR count). The first-order valence-corrected chi connectivity index (χ1v) is 13.3. The highest BCUT2D eigenvalue weighted by Gasteiger charge is 2.21. The predicted octanol–water partition coefficient (Wildman–Crippen LogP) is 8.44. The smallest absolute Gasteiger partial charge is 0.335 e. The normalized spacial score (nSPS) is 12.4. The summed E-state index contributed by atoms with van der Waals surface area (Å²) in [5.74, 6) is 0.0503. The van der Waals surface area contributed by atoms with Crippen LogP contribution in [0.5, 0.6) is 5.75 Å². The fourth-order valence-corrected chi connectivity index (χ4v) is 5.36. The van der Waals surface area contributed by atoms with Gasteiger partial charge in [0.15, 0.2) is 0 Å². The predicted molar refractivity (Wildman–Crippen MR) is 161 cm³/mol. The number of aryl methyl sites for hydroxylation is 1. The Morgan fingerprint density at radius 3 is 2.08 bits per heavy atom. The number of hydrogen-bond donors (Lipinski definition) is 0. The molecule has 0 radical (unpaired) electrons. The Morgan fingerprint density at radius 1 is 0.769 bits per heavy atom. The first-order chi connectivity index (χ1) is 19.2. The zero-order valence-corrected chi connectivity index (χ0v) is 21.7. The highest BCUT2D eigenvalue weighted by Crippen LogP contribution is 2.36. The highest BCUT2D eigenvalue weighted by atomic mass is 16.5. The van der Waals surface area contributed by atoms with E-state index in [9.17, 15) is 4.79 Å². The molecule has 1 aliphatic rings. The lowest BCUT2D eigenvalue weighted by Crippen LogP contribution is -2.02. The van der Waals surface area contributed by atoms with Crippen LogP contribution in [0.1, 0.15) is 39.9 Å². The van der Waals surface area contributed by atoms with Crippen molar-refractivity contribution in [2.24, 2.45) is 0 Å². The summed E-state index contributed by atoms with van der Waals surface area (Å²) in [5, 5.41) is 1.33. The fourth-order valence-electron chi connectivity index (χ4n) is 5.36. The maximum atomic E-state index is 11.4. The van der Waals surface area contributed by atoms with Gasteiger partial charge in [0.2, 0.25) is 0 Å². The standard InChI is InChI=1S/C36H29NO2/c1-2-36(38)39-30-21-18-26(19-22-30)16-17-27-20-23-35-32(24-27)31-14-9-15-34(31)37(35)25-33(28-10-5-3-6-11-28)29-12-7-4-8-13-29/h2-8,10-13,16-25H,1,9,14-15H2. The Morgan fingerprint density at radius 2 is 1.41 bits per heavy atom. The van der Waals surface area contributed by atoms with Gasteiger partial charge in [0.25, 0.3) is 0 Å². The van der Waals surface area contributed by atoms with E-state index >= 15 is 0 Å². The van der Waals surface area contributed by atoms with Crippen LogP contribution in [0, 0.1) is 0 Å². The molecule has 1 aromatic heterocycles. The quantitative estimate of drug-likeness (QED) is 0.0958. The maximum absolute atomic E-state index is 11.4. The number of rotatable bonds is 7. The van der Waals surface area contributed by atoms with Crippen LogP contribution >= 0.6 is 0 Å². The van der Waals surface area contributed by atoms with Crippen LogP contribution in [0.2, 0.25) is 0 Å². The number of esters is 1. The molecule has 1 aliphatic carbocycles. The maximum Gasteiger partial charge on any atom is 0.335 e. The molecule has 190 valence electrons. The molecule has 39 heavy (non-hydrogen) atoms. The molecule has 0 aliphatic heterocycles. The Labute approximate surface area is 229 Å². The average molecular weight is 508 g/mol.